The summed E-state index contributed by atoms with van der Waals surface area (Å²) in [6.07, 6.45) is 23.6. The van der Waals surface area contributed by atoms with Crippen molar-refractivity contribution >= 4 is 18.7 Å². The minimum atomic E-state index is -1.44. The molecule has 3 aliphatic carbocycles. The molecule has 6 rings (SSSR count). The molecule has 6 heteroatoms. The van der Waals surface area contributed by atoms with Crippen LogP contribution in [-0.2, 0) is 31.2 Å². The Balaban J connectivity index is 0.000000227. The summed E-state index contributed by atoms with van der Waals surface area (Å²) in [6.45, 7) is 1.97. The van der Waals surface area contributed by atoms with Crippen LogP contribution in [0.5, 0.6) is 0 Å². The van der Waals surface area contributed by atoms with Gasteiger partial charge in [-0.1, -0.05) is 95.5 Å². The Hall–Kier alpha value is -0.688. The average Bonchev–Trinajstić information content (AvgIpc) is 3.03. The molecule has 1 nitrogen and oxygen atoms in total. The Kier molecular flexibility index (Phi) is 16.3. The van der Waals surface area contributed by atoms with Gasteiger partial charge in [0.1, 0.15) is 0 Å². The molecule has 3 aromatic rings. The van der Waals surface area contributed by atoms with Gasteiger partial charge in [0.2, 0.25) is 0 Å². The van der Waals surface area contributed by atoms with Gasteiger partial charge in [-0.15, -0.1) is 35.9 Å². The summed E-state index contributed by atoms with van der Waals surface area (Å²) >= 11 is 0. The second-order valence-corrected chi connectivity index (χ2v) is 16.8. The van der Waals surface area contributed by atoms with E-state index in [-0.39, 0.29) is 43.2 Å². The SMILES string of the molecule is C1CCC(P(C2CCCCC2)C2CCCCC2)CC1.Cc1ccc(S(=O)c2cccc(F)c2-c2[c-]cccc2)cc1.[Br-].[Pd+2]. The number of rotatable bonds is 6. The van der Waals surface area contributed by atoms with Crippen LogP contribution in [-0.4, -0.2) is 21.2 Å². The third-order valence-corrected chi connectivity index (χ3v) is 14.9. The molecule has 0 heterocycles. The molecule has 0 N–H and O–H groups in total. The number of hydrogen-bond acceptors (Lipinski definition) is 1. The van der Waals surface area contributed by atoms with E-state index >= 15 is 0 Å². The molecule has 0 saturated heterocycles. The van der Waals surface area contributed by atoms with E-state index in [0.29, 0.717) is 28.8 Å². The maximum absolute atomic E-state index is 14.3. The van der Waals surface area contributed by atoms with Crippen molar-refractivity contribution in [1.29, 1.82) is 0 Å². The Morgan fingerprint density at radius 1 is 0.698 bits per heavy atom. The Morgan fingerprint density at radius 2 is 1.21 bits per heavy atom. The van der Waals surface area contributed by atoms with Crippen molar-refractivity contribution in [3.05, 3.63) is 84.2 Å². The van der Waals surface area contributed by atoms with E-state index in [1.807, 2.05) is 43.3 Å². The van der Waals surface area contributed by atoms with Crippen molar-refractivity contribution in [2.24, 2.45) is 0 Å². The topological polar surface area (TPSA) is 17.1 Å². The van der Waals surface area contributed by atoms with Gasteiger partial charge in [0.15, 0.2) is 0 Å². The zero-order valence-corrected chi connectivity index (χ0v) is 30.4. The van der Waals surface area contributed by atoms with Crippen LogP contribution in [0, 0.1) is 18.8 Å². The first-order valence-electron chi connectivity index (χ1n) is 16.1. The molecule has 3 aliphatic rings. The molecule has 43 heavy (non-hydrogen) atoms. The molecule has 3 fully saturated rings. The zero-order valence-electron chi connectivity index (χ0n) is 25.5. The van der Waals surface area contributed by atoms with Crippen LogP contribution in [0.15, 0.2) is 76.5 Å². The maximum Gasteiger partial charge on any atom is 2.00 e. The molecule has 0 amide bonds. The number of aryl methyl sites for hydroxylation is 1. The number of benzene rings is 3. The van der Waals surface area contributed by atoms with Crippen LogP contribution in [0.25, 0.3) is 11.1 Å². The zero-order chi connectivity index (χ0) is 28.4. The monoisotopic (exact) mass is 774 g/mol. The van der Waals surface area contributed by atoms with Gasteiger partial charge < -0.3 is 17.0 Å². The van der Waals surface area contributed by atoms with Crippen molar-refractivity contribution < 1.29 is 46.0 Å². The first-order chi connectivity index (χ1) is 20.1. The fourth-order valence-corrected chi connectivity index (χ4v) is 13.2. The summed E-state index contributed by atoms with van der Waals surface area (Å²) in [5.74, 6) is -0.389. The van der Waals surface area contributed by atoms with Crippen LogP contribution in [0.2, 0.25) is 0 Å². The molecule has 1 atom stereocenters. The summed E-state index contributed by atoms with van der Waals surface area (Å²) in [4.78, 5) is 1.12. The van der Waals surface area contributed by atoms with Gasteiger partial charge in [0.25, 0.3) is 0 Å². The summed E-state index contributed by atoms with van der Waals surface area (Å²) in [6, 6.07) is 22.2. The molecule has 3 aromatic carbocycles. The Morgan fingerprint density at radius 3 is 1.67 bits per heavy atom. The third-order valence-electron chi connectivity index (χ3n) is 9.38. The van der Waals surface area contributed by atoms with Gasteiger partial charge in [-0.2, -0.15) is 0 Å². The molecule has 0 aromatic heterocycles. The van der Waals surface area contributed by atoms with E-state index in [2.05, 4.69) is 6.07 Å². The summed E-state index contributed by atoms with van der Waals surface area (Å²) in [5.41, 5.74) is 5.62. The predicted molar refractivity (Wildman–Crippen MR) is 174 cm³/mol. The van der Waals surface area contributed by atoms with E-state index in [0.717, 1.165) is 5.56 Å². The van der Waals surface area contributed by atoms with Gasteiger partial charge in [0, 0.05) is 9.79 Å². The van der Waals surface area contributed by atoms with Crippen LogP contribution >= 0.6 is 7.92 Å². The van der Waals surface area contributed by atoms with Crippen molar-refractivity contribution in [2.45, 2.75) is 130 Å². The first kappa shape index (κ1) is 36.8. The minimum absolute atomic E-state index is 0. The molecule has 0 radical (unpaired) electrons. The molecule has 3 saturated carbocycles. The van der Waals surface area contributed by atoms with Crippen molar-refractivity contribution in [2.75, 3.05) is 0 Å². The van der Waals surface area contributed by atoms with Crippen molar-refractivity contribution in [1.82, 2.24) is 0 Å². The summed E-state index contributed by atoms with van der Waals surface area (Å²) in [5, 5.41) is 0. The molecule has 0 spiro atoms. The molecule has 0 aliphatic heterocycles. The molecular weight excluding hydrogens is 729 g/mol. The summed E-state index contributed by atoms with van der Waals surface area (Å²) < 4.78 is 27.2. The van der Waals surface area contributed by atoms with Gasteiger partial charge in [-0.05, 0) is 86.2 Å². The normalized spacial score (nSPS) is 19.0. The Labute approximate surface area is 288 Å². The van der Waals surface area contributed by atoms with E-state index in [4.69, 9.17) is 0 Å². The molecule has 0 bridgehead atoms. The van der Waals surface area contributed by atoms with E-state index in [1.165, 1.54) is 42.3 Å². The van der Waals surface area contributed by atoms with E-state index in [9.17, 15) is 8.60 Å². The van der Waals surface area contributed by atoms with Crippen LogP contribution in [0.3, 0.4) is 0 Å². The van der Waals surface area contributed by atoms with E-state index in [1.54, 1.807) is 101 Å². The maximum atomic E-state index is 14.3. The predicted octanol–water partition coefficient (Wildman–Crippen LogP) is 8.24. The fourth-order valence-electron chi connectivity index (χ4n) is 7.29. The molecular formula is C37H47BrFOPPdS. The molecule has 1 unspecified atom stereocenters. The van der Waals surface area contributed by atoms with Gasteiger partial charge in [-0.25, -0.2) is 8.60 Å². The third kappa shape index (κ3) is 10.1. The van der Waals surface area contributed by atoms with Crippen molar-refractivity contribution in [3.8, 4) is 11.1 Å². The average molecular weight is 776 g/mol. The second kappa shape index (κ2) is 19.1. The number of halogens is 2. The van der Waals surface area contributed by atoms with E-state index < -0.39 is 10.8 Å². The van der Waals surface area contributed by atoms with Gasteiger partial charge >= 0.3 is 20.4 Å². The quantitative estimate of drug-likeness (QED) is 0.140. The van der Waals surface area contributed by atoms with Crippen LogP contribution in [0.1, 0.15) is 102 Å². The standard InChI is InChI=1S/C19H14FOS.C18H33P.BrH.Pd/c1-14-10-12-16(13-11-14)22(21)18-9-5-8-17(20)19(18)15-6-3-2-4-7-15;1-4-10-16(11-5-1)19(17-12-6-2-7-13-17)18-14-8-3-9-15-18;;/h2-6,8-13H,1H3;16-18H,1-15H2;1H;/q-1;;;+2/p-1. The number of hydrogen-bond donors (Lipinski definition) is 0. The summed E-state index contributed by atoms with van der Waals surface area (Å²) in [7, 11) is -1.05. The fraction of sp³-hybridized carbons (Fsp3) is 0.514. The van der Waals surface area contributed by atoms with Crippen LogP contribution < -0.4 is 17.0 Å². The van der Waals surface area contributed by atoms with Crippen molar-refractivity contribution in [3.63, 3.8) is 0 Å². The first-order valence-corrected chi connectivity index (χ1v) is 18.8. The van der Waals surface area contributed by atoms with Crippen LogP contribution in [0.4, 0.5) is 4.39 Å². The van der Waals surface area contributed by atoms with Gasteiger partial charge in [-0.3, -0.25) is 0 Å². The molecule has 236 valence electrons. The second-order valence-electron chi connectivity index (χ2n) is 12.3. The van der Waals surface area contributed by atoms with Gasteiger partial charge in [0.05, 0.1) is 16.6 Å². The smallest absolute Gasteiger partial charge is 1.00 e. The minimum Gasteiger partial charge on any atom is -1.00 e. The Bertz CT molecular complexity index is 1200. The largest absolute Gasteiger partial charge is 2.00 e.